The van der Waals surface area contributed by atoms with E-state index in [1.54, 1.807) is 26.0 Å². The van der Waals surface area contributed by atoms with Gasteiger partial charge in [0, 0.05) is 31.3 Å². The number of anilines is 1. The number of rotatable bonds is 6. The van der Waals surface area contributed by atoms with Gasteiger partial charge in [-0.15, -0.1) is 10.2 Å². The van der Waals surface area contributed by atoms with Crippen LogP contribution >= 0.6 is 0 Å². The Bertz CT molecular complexity index is 857. The van der Waals surface area contributed by atoms with Gasteiger partial charge in [-0.3, -0.25) is 4.72 Å². The zero-order valence-corrected chi connectivity index (χ0v) is 16.3. The maximum Gasteiger partial charge on any atom is 0.235 e. The third kappa shape index (κ3) is 4.42. The van der Waals surface area contributed by atoms with Crippen molar-refractivity contribution in [2.75, 3.05) is 17.6 Å². The summed E-state index contributed by atoms with van der Waals surface area (Å²) < 4.78 is 34.6. The number of aryl methyl sites for hydroxylation is 1. The molecule has 0 unspecified atom stereocenters. The largest absolute Gasteiger partial charge is 0.378 e. The van der Waals surface area contributed by atoms with Gasteiger partial charge in [0.15, 0.2) is 5.82 Å². The van der Waals surface area contributed by atoms with Crippen LogP contribution < -0.4 is 4.72 Å². The second kappa shape index (κ2) is 7.36. The standard InChI is InChI=1S/C18H26N4O3S/c1-18(2,25-3)13-26(23,24)21-15-10-8-14(9-11-15)17-20-19-16-7-5-4-6-12-22(16)17/h8-11,21H,4-7,12-13H2,1-3H3. The first-order valence-corrected chi connectivity index (χ1v) is 10.5. The van der Waals surface area contributed by atoms with Crippen LogP contribution in [0.25, 0.3) is 11.4 Å². The van der Waals surface area contributed by atoms with E-state index in [1.165, 1.54) is 13.5 Å². The normalized spacial score (nSPS) is 15.3. The van der Waals surface area contributed by atoms with Crippen LogP contribution in [-0.2, 0) is 27.7 Å². The number of hydrogen-bond acceptors (Lipinski definition) is 5. The maximum absolute atomic E-state index is 12.3. The van der Waals surface area contributed by atoms with Gasteiger partial charge in [0.2, 0.25) is 10.0 Å². The van der Waals surface area contributed by atoms with E-state index < -0.39 is 15.6 Å². The topological polar surface area (TPSA) is 86.1 Å². The van der Waals surface area contributed by atoms with Gasteiger partial charge in [-0.25, -0.2) is 8.42 Å². The Morgan fingerprint density at radius 3 is 2.58 bits per heavy atom. The molecule has 8 heteroatoms. The van der Waals surface area contributed by atoms with Crippen LogP contribution in [0.3, 0.4) is 0 Å². The summed E-state index contributed by atoms with van der Waals surface area (Å²) in [5, 5.41) is 8.64. The minimum absolute atomic E-state index is 0.115. The molecule has 1 aromatic carbocycles. The monoisotopic (exact) mass is 378 g/mol. The summed E-state index contributed by atoms with van der Waals surface area (Å²) >= 11 is 0. The van der Waals surface area contributed by atoms with Crippen molar-refractivity contribution in [2.24, 2.45) is 0 Å². The zero-order valence-electron chi connectivity index (χ0n) is 15.5. The Labute approximate surface area is 154 Å². The van der Waals surface area contributed by atoms with Gasteiger partial charge in [-0.05, 0) is 51.0 Å². The van der Waals surface area contributed by atoms with Crippen LogP contribution in [0.15, 0.2) is 24.3 Å². The van der Waals surface area contributed by atoms with E-state index in [-0.39, 0.29) is 5.75 Å². The van der Waals surface area contributed by atoms with Crippen molar-refractivity contribution in [3.8, 4) is 11.4 Å². The van der Waals surface area contributed by atoms with Crippen molar-refractivity contribution in [1.29, 1.82) is 0 Å². The number of fused-ring (bicyclic) bond motifs is 1. The minimum Gasteiger partial charge on any atom is -0.378 e. The molecular formula is C18H26N4O3S. The van der Waals surface area contributed by atoms with Gasteiger partial charge in [0.05, 0.1) is 11.4 Å². The number of benzene rings is 1. The number of ether oxygens (including phenoxy) is 1. The molecule has 0 spiro atoms. The molecule has 142 valence electrons. The van der Waals surface area contributed by atoms with Crippen LogP contribution in [-0.4, -0.2) is 41.6 Å². The molecule has 1 aliphatic rings. The first kappa shape index (κ1) is 18.8. The first-order chi connectivity index (χ1) is 12.3. The van der Waals surface area contributed by atoms with Gasteiger partial charge in [-0.1, -0.05) is 6.42 Å². The molecule has 0 saturated heterocycles. The zero-order chi connectivity index (χ0) is 18.8. The van der Waals surface area contributed by atoms with Crippen LogP contribution in [0, 0.1) is 0 Å². The average molecular weight is 378 g/mol. The highest BCUT2D eigenvalue weighted by Gasteiger charge is 2.26. The summed E-state index contributed by atoms with van der Waals surface area (Å²) in [6.07, 6.45) is 4.45. The minimum atomic E-state index is -3.50. The van der Waals surface area contributed by atoms with Crippen LogP contribution in [0.2, 0.25) is 0 Å². The number of sulfonamides is 1. The lowest BCUT2D eigenvalue weighted by Gasteiger charge is -2.22. The molecular weight excluding hydrogens is 352 g/mol. The van der Waals surface area contributed by atoms with E-state index in [1.807, 2.05) is 12.1 Å². The predicted molar refractivity (Wildman–Crippen MR) is 102 cm³/mol. The van der Waals surface area contributed by atoms with E-state index in [9.17, 15) is 8.42 Å². The molecule has 1 N–H and O–H groups in total. The van der Waals surface area contributed by atoms with E-state index in [0.29, 0.717) is 5.69 Å². The number of nitrogens with one attached hydrogen (secondary N) is 1. The lowest BCUT2D eigenvalue weighted by molar-refractivity contribution is 0.0426. The van der Waals surface area contributed by atoms with Crippen molar-refractivity contribution in [3.05, 3.63) is 30.1 Å². The smallest absolute Gasteiger partial charge is 0.235 e. The maximum atomic E-state index is 12.3. The van der Waals surface area contributed by atoms with E-state index in [4.69, 9.17) is 4.74 Å². The lowest BCUT2D eigenvalue weighted by atomic mass is 10.2. The molecule has 0 radical (unpaired) electrons. The number of hydrogen-bond donors (Lipinski definition) is 1. The highest BCUT2D eigenvalue weighted by Crippen LogP contribution is 2.24. The summed E-state index contributed by atoms with van der Waals surface area (Å²) in [6.45, 7) is 4.41. The summed E-state index contributed by atoms with van der Waals surface area (Å²) in [5.74, 6) is 1.76. The molecule has 2 heterocycles. The van der Waals surface area contributed by atoms with Gasteiger partial charge >= 0.3 is 0 Å². The van der Waals surface area contributed by atoms with Crippen LogP contribution in [0.5, 0.6) is 0 Å². The second-order valence-corrected chi connectivity index (χ2v) is 9.03. The van der Waals surface area contributed by atoms with E-state index in [2.05, 4.69) is 19.5 Å². The second-order valence-electron chi connectivity index (χ2n) is 7.30. The summed E-state index contributed by atoms with van der Waals surface area (Å²) in [5.41, 5.74) is 0.715. The number of methoxy groups -OCH3 is 1. The fraction of sp³-hybridized carbons (Fsp3) is 0.556. The fourth-order valence-electron chi connectivity index (χ4n) is 3.12. The number of nitrogens with zero attached hydrogens (tertiary/aromatic N) is 3. The Morgan fingerprint density at radius 2 is 1.88 bits per heavy atom. The molecule has 26 heavy (non-hydrogen) atoms. The summed E-state index contributed by atoms with van der Waals surface area (Å²) in [6, 6.07) is 7.26. The number of aromatic nitrogens is 3. The summed E-state index contributed by atoms with van der Waals surface area (Å²) in [7, 11) is -1.99. The molecule has 1 aliphatic heterocycles. The molecule has 1 aromatic heterocycles. The Hall–Kier alpha value is -1.93. The average Bonchev–Trinajstić information content (AvgIpc) is 2.83. The SMILES string of the molecule is COC(C)(C)CS(=O)(=O)Nc1ccc(-c2nnc3n2CCCCC3)cc1. The van der Waals surface area contributed by atoms with Crippen molar-refractivity contribution >= 4 is 15.7 Å². The Morgan fingerprint density at radius 1 is 1.15 bits per heavy atom. The Balaban J connectivity index is 1.76. The highest BCUT2D eigenvalue weighted by molar-refractivity contribution is 7.92. The van der Waals surface area contributed by atoms with Crippen LogP contribution in [0.4, 0.5) is 5.69 Å². The third-order valence-electron chi connectivity index (χ3n) is 4.62. The van der Waals surface area contributed by atoms with Crippen molar-refractivity contribution in [1.82, 2.24) is 14.8 Å². The molecule has 0 saturated carbocycles. The van der Waals surface area contributed by atoms with Gasteiger partial charge < -0.3 is 9.30 Å². The van der Waals surface area contributed by atoms with Gasteiger partial charge in [0.1, 0.15) is 5.82 Å². The summed E-state index contributed by atoms with van der Waals surface area (Å²) in [4.78, 5) is 0. The van der Waals surface area contributed by atoms with Crippen molar-refractivity contribution in [3.63, 3.8) is 0 Å². The Kier molecular flexibility index (Phi) is 5.34. The molecule has 0 atom stereocenters. The molecule has 0 amide bonds. The molecule has 0 fully saturated rings. The highest BCUT2D eigenvalue weighted by atomic mass is 32.2. The van der Waals surface area contributed by atoms with Gasteiger partial charge in [-0.2, -0.15) is 0 Å². The van der Waals surface area contributed by atoms with E-state index >= 15 is 0 Å². The predicted octanol–water partition coefficient (Wildman–Crippen LogP) is 2.84. The van der Waals surface area contributed by atoms with Crippen LogP contribution in [0.1, 0.15) is 38.9 Å². The molecule has 7 nitrogen and oxygen atoms in total. The molecule has 2 aromatic rings. The van der Waals surface area contributed by atoms with Crippen molar-refractivity contribution in [2.45, 2.75) is 51.7 Å². The van der Waals surface area contributed by atoms with Gasteiger partial charge in [0.25, 0.3) is 0 Å². The molecule has 0 bridgehead atoms. The quantitative estimate of drug-likeness (QED) is 0.835. The lowest BCUT2D eigenvalue weighted by Crippen LogP contribution is -2.35. The fourth-order valence-corrected chi connectivity index (χ4v) is 4.72. The third-order valence-corrected chi connectivity index (χ3v) is 6.24. The van der Waals surface area contributed by atoms with Crippen molar-refractivity contribution < 1.29 is 13.2 Å². The first-order valence-electron chi connectivity index (χ1n) is 8.88. The van der Waals surface area contributed by atoms with E-state index in [0.717, 1.165) is 43.0 Å². The molecule has 0 aliphatic carbocycles. The molecule has 3 rings (SSSR count).